The molecule has 0 amide bonds. The first-order valence-electron chi connectivity index (χ1n) is 5.03. The van der Waals surface area contributed by atoms with Gasteiger partial charge in [0.05, 0.1) is 15.6 Å². The molecule has 2 nitrogen and oxygen atoms in total. The molecule has 2 rings (SSSR count). The maximum Gasteiger partial charge on any atom is 0.186 e. The van der Waals surface area contributed by atoms with E-state index in [-0.39, 0.29) is 12.4 Å². The molecule has 2 aromatic rings. The molecular formula is C13H9Cl3N2. The number of pyridine rings is 1. The summed E-state index contributed by atoms with van der Waals surface area (Å²) in [5.74, 6) is 0. The van der Waals surface area contributed by atoms with Crippen molar-refractivity contribution < 1.29 is 17.0 Å². The molecule has 0 saturated carbocycles. The quantitative estimate of drug-likeness (QED) is 0.728. The molecule has 0 unspecified atom stereocenters. The molecular weight excluding hydrogens is 291 g/mol. The van der Waals surface area contributed by atoms with E-state index in [1.807, 2.05) is 22.9 Å². The molecule has 0 aliphatic heterocycles. The van der Waals surface area contributed by atoms with Gasteiger partial charge in [-0.2, -0.15) is 9.83 Å². The van der Waals surface area contributed by atoms with Crippen LogP contribution in [0.4, 0.5) is 0 Å². The first kappa shape index (κ1) is 14.8. The van der Waals surface area contributed by atoms with E-state index in [1.165, 1.54) is 0 Å². The second-order valence-corrected chi connectivity index (χ2v) is 4.39. The Morgan fingerprint density at radius 1 is 1.11 bits per heavy atom. The lowest BCUT2D eigenvalue weighted by atomic mass is 10.2. The number of hydrogen-bond acceptors (Lipinski definition) is 1. The van der Waals surface area contributed by atoms with E-state index in [9.17, 15) is 0 Å². The van der Waals surface area contributed by atoms with Crippen molar-refractivity contribution >= 4 is 23.2 Å². The van der Waals surface area contributed by atoms with Crippen molar-refractivity contribution in [1.82, 2.24) is 0 Å². The van der Waals surface area contributed by atoms with Crippen molar-refractivity contribution in [2.45, 2.75) is 6.54 Å². The molecule has 18 heavy (non-hydrogen) atoms. The van der Waals surface area contributed by atoms with Gasteiger partial charge in [-0.3, -0.25) is 0 Å². The number of nitriles is 1. The summed E-state index contributed by atoms with van der Waals surface area (Å²) in [6.07, 6.45) is 3.64. The summed E-state index contributed by atoms with van der Waals surface area (Å²) >= 11 is 12.2. The summed E-state index contributed by atoms with van der Waals surface area (Å²) < 4.78 is 1.88. The highest BCUT2D eigenvalue weighted by molar-refractivity contribution is 6.35. The summed E-state index contributed by atoms with van der Waals surface area (Å²) in [6.45, 7) is 0.550. The van der Waals surface area contributed by atoms with E-state index < -0.39 is 0 Å². The van der Waals surface area contributed by atoms with E-state index >= 15 is 0 Å². The van der Waals surface area contributed by atoms with Crippen LogP contribution in [0.15, 0.2) is 42.7 Å². The first-order valence-corrected chi connectivity index (χ1v) is 5.78. The second-order valence-electron chi connectivity index (χ2n) is 3.58. The summed E-state index contributed by atoms with van der Waals surface area (Å²) in [6, 6.07) is 11.1. The summed E-state index contributed by atoms with van der Waals surface area (Å²) in [4.78, 5) is 0. The molecule has 92 valence electrons. The van der Waals surface area contributed by atoms with E-state index in [0.717, 1.165) is 5.56 Å². The Morgan fingerprint density at radius 3 is 2.39 bits per heavy atom. The van der Waals surface area contributed by atoms with Crippen LogP contribution in [0.1, 0.15) is 11.1 Å². The van der Waals surface area contributed by atoms with E-state index in [2.05, 4.69) is 6.07 Å². The topological polar surface area (TPSA) is 27.7 Å². The Bertz CT molecular complexity index is 571. The lowest BCUT2D eigenvalue weighted by Crippen LogP contribution is -3.00. The van der Waals surface area contributed by atoms with Gasteiger partial charge in [0, 0.05) is 6.07 Å². The minimum atomic E-state index is 0. The van der Waals surface area contributed by atoms with Crippen LogP contribution in [0.5, 0.6) is 0 Å². The third-order valence-electron chi connectivity index (χ3n) is 2.39. The fourth-order valence-corrected chi connectivity index (χ4v) is 2.07. The normalized spacial score (nSPS) is 9.39. The van der Waals surface area contributed by atoms with Gasteiger partial charge in [0.15, 0.2) is 18.9 Å². The van der Waals surface area contributed by atoms with Crippen LogP contribution in [0, 0.1) is 11.3 Å². The number of rotatable bonds is 2. The zero-order chi connectivity index (χ0) is 12.3. The summed E-state index contributed by atoms with van der Waals surface area (Å²) in [7, 11) is 0. The Kier molecular flexibility index (Phi) is 5.43. The number of hydrogen-bond donors (Lipinski definition) is 0. The van der Waals surface area contributed by atoms with Crippen molar-refractivity contribution in [1.29, 1.82) is 5.26 Å². The molecule has 0 aliphatic rings. The fraction of sp³-hybridized carbons (Fsp3) is 0.0769. The highest BCUT2D eigenvalue weighted by atomic mass is 35.5. The van der Waals surface area contributed by atoms with Crippen LogP contribution in [-0.2, 0) is 6.54 Å². The molecule has 0 radical (unpaired) electrons. The smallest absolute Gasteiger partial charge is 0.186 e. The monoisotopic (exact) mass is 298 g/mol. The van der Waals surface area contributed by atoms with Crippen molar-refractivity contribution in [2.75, 3.05) is 0 Å². The van der Waals surface area contributed by atoms with Gasteiger partial charge in [-0.15, -0.1) is 0 Å². The van der Waals surface area contributed by atoms with E-state index in [4.69, 9.17) is 28.5 Å². The third-order valence-corrected chi connectivity index (χ3v) is 3.10. The number of nitrogens with zero attached hydrogens (tertiary/aromatic N) is 2. The largest absolute Gasteiger partial charge is 1.00 e. The number of benzene rings is 1. The molecule has 0 saturated heterocycles. The lowest BCUT2D eigenvalue weighted by Gasteiger charge is -2.03. The maximum atomic E-state index is 8.82. The van der Waals surface area contributed by atoms with Crippen molar-refractivity contribution in [2.24, 2.45) is 0 Å². The summed E-state index contributed by atoms with van der Waals surface area (Å²) in [5.41, 5.74) is 1.46. The first-order chi connectivity index (χ1) is 8.20. The average molecular weight is 300 g/mol. The zero-order valence-corrected chi connectivity index (χ0v) is 11.5. The predicted molar refractivity (Wildman–Crippen MR) is 66.9 cm³/mol. The van der Waals surface area contributed by atoms with Crippen molar-refractivity contribution in [3.8, 4) is 6.07 Å². The lowest BCUT2D eigenvalue weighted by molar-refractivity contribution is -0.688. The Labute approximate surface area is 122 Å². The molecule has 0 bridgehead atoms. The molecule has 5 heteroatoms. The van der Waals surface area contributed by atoms with Gasteiger partial charge >= 0.3 is 0 Å². The third kappa shape index (κ3) is 3.36. The van der Waals surface area contributed by atoms with Gasteiger partial charge in [-0.05, 0) is 18.2 Å². The molecule has 1 aromatic heterocycles. The minimum Gasteiger partial charge on any atom is -1.00 e. The molecule has 1 heterocycles. The summed E-state index contributed by atoms with van der Waals surface area (Å²) in [5, 5.41) is 10.1. The van der Waals surface area contributed by atoms with Crippen molar-refractivity contribution in [3.05, 3.63) is 63.9 Å². The Balaban J connectivity index is 0.00000162. The van der Waals surface area contributed by atoms with Gasteiger partial charge < -0.3 is 12.4 Å². The van der Waals surface area contributed by atoms with Gasteiger partial charge in [0.2, 0.25) is 0 Å². The van der Waals surface area contributed by atoms with Crippen LogP contribution in [-0.4, -0.2) is 0 Å². The van der Waals surface area contributed by atoms with Gasteiger partial charge in [-0.1, -0.05) is 29.3 Å². The molecule has 0 fully saturated rings. The predicted octanol–water partition coefficient (Wildman–Crippen LogP) is 0.205. The van der Waals surface area contributed by atoms with Crippen LogP contribution < -0.4 is 17.0 Å². The second kappa shape index (κ2) is 6.61. The highest BCUT2D eigenvalue weighted by Crippen LogP contribution is 2.23. The van der Waals surface area contributed by atoms with Gasteiger partial charge in [0.1, 0.15) is 11.6 Å². The van der Waals surface area contributed by atoms with Crippen LogP contribution in [0.2, 0.25) is 10.0 Å². The molecule has 0 atom stereocenters. The van der Waals surface area contributed by atoms with Crippen LogP contribution in [0.25, 0.3) is 0 Å². The number of halogens is 3. The molecule has 0 spiro atoms. The minimum absolute atomic E-state index is 0. The highest BCUT2D eigenvalue weighted by Gasteiger charge is 2.11. The average Bonchev–Trinajstić information content (AvgIpc) is 2.34. The molecule has 0 aliphatic carbocycles. The fourth-order valence-electron chi connectivity index (χ4n) is 1.55. The van der Waals surface area contributed by atoms with E-state index in [0.29, 0.717) is 22.2 Å². The van der Waals surface area contributed by atoms with Gasteiger partial charge in [-0.25, -0.2) is 0 Å². The maximum absolute atomic E-state index is 8.82. The number of aromatic nitrogens is 1. The van der Waals surface area contributed by atoms with Crippen molar-refractivity contribution in [3.63, 3.8) is 0 Å². The van der Waals surface area contributed by atoms with Crippen LogP contribution >= 0.6 is 23.2 Å². The Hall–Kier alpha value is -1.27. The molecule has 1 aromatic carbocycles. The van der Waals surface area contributed by atoms with Gasteiger partial charge in [0.25, 0.3) is 0 Å². The Morgan fingerprint density at radius 2 is 1.78 bits per heavy atom. The van der Waals surface area contributed by atoms with E-state index in [1.54, 1.807) is 24.4 Å². The SMILES string of the molecule is N#Cc1ccc[n+](Cc2c(Cl)cccc2Cl)c1.[Cl-]. The van der Waals surface area contributed by atoms with Crippen LogP contribution in [0.3, 0.4) is 0 Å². The zero-order valence-electron chi connectivity index (χ0n) is 9.28. The standard InChI is InChI=1S/C13H9Cl2N2.ClH/c14-12-4-1-5-13(15)11(12)9-17-6-2-3-10(7-16)8-17;/h1-6,8H,9H2;1H/q+1;/p-1. The molecule has 0 N–H and O–H groups in total.